The molecule has 9 aromatic carbocycles. The van der Waals surface area contributed by atoms with Gasteiger partial charge in [0.1, 0.15) is 17.2 Å². The molecule has 0 unspecified atom stereocenters. The lowest BCUT2D eigenvalue weighted by Crippen LogP contribution is -2.02. The number of benzene rings is 9. The standard InChI is InChI=1S/C48H33O3P/c1-4-10-40-31-43(16-13-34(40)7-1)37-19-25-46(26-20-37)49-52(50-47-27-21-38(22-28-47)44-17-14-35-8-2-5-11-41(35)32-44)51-48-29-23-39(24-30-48)45-18-15-36-9-3-6-12-42(36)33-45/h1-33H. The van der Waals surface area contributed by atoms with Gasteiger partial charge in [0.2, 0.25) is 0 Å². The number of fused-ring (bicyclic) bond motifs is 3. The number of rotatable bonds is 9. The first-order chi connectivity index (χ1) is 25.7. The minimum Gasteiger partial charge on any atom is -0.409 e. The summed E-state index contributed by atoms with van der Waals surface area (Å²) < 4.78 is 19.3. The summed E-state index contributed by atoms with van der Waals surface area (Å²) in [6.45, 7) is 0. The molecular weight excluding hydrogens is 655 g/mol. The summed E-state index contributed by atoms with van der Waals surface area (Å²) in [5, 5.41) is 7.31. The van der Waals surface area contributed by atoms with Gasteiger partial charge in [-0.25, -0.2) is 0 Å². The maximum absolute atomic E-state index is 6.43. The van der Waals surface area contributed by atoms with Gasteiger partial charge in [0.25, 0.3) is 0 Å². The molecule has 9 rings (SSSR count). The van der Waals surface area contributed by atoms with E-state index in [4.69, 9.17) is 13.6 Å². The fourth-order valence-electron chi connectivity index (χ4n) is 6.55. The van der Waals surface area contributed by atoms with Crippen LogP contribution in [0.5, 0.6) is 17.2 Å². The van der Waals surface area contributed by atoms with Gasteiger partial charge in [-0.2, -0.15) is 0 Å². The fraction of sp³-hybridized carbons (Fsp3) is 0. The highest BCUT2D eigenvalue weighted by Crippen LogP contribution is 2.43. The molecule has 0 bridgehead atoms. The summed E-state index contributed by atoms with van der Waals surface area (Å²) in [6, 6.07) is 69.1. The average molecular weight is 689 g/mol. The van der Waals surface area contributed by atoms with Crippen LogP contribution in [0.25, 0.3) is 65.7 Å². The first-order valence-electron chi connectivity index (χ1n) is 17.3. The van der Waals surface area contributed by atoms with Crippen LogP contribution < -0.4 is 13.6 Å². The maximum Gasteiger partial charge on any atom is 0.530 e. The first-order valence-corrected chi connectivity index (χ1v) is 18.4. The van der Waals surface area contributed by atoms with Gasteiger partial charge in [-0.1, -0.05) is 146 Å². The molecule has 0 aromatic heterocycles. The molecule has 0 aliphatic rings. The highest BCUT2D eigenvalue weighted by Gasteiger charge is 2.20. The highest BCUT2D eigenvalue weighted by atomic mass is 31.2. The molecule has 9 aromatic rings. The van der Waals surface area contributed by atoms with Crippen molar-refractivity contribution < 1.29 is 13.6 Å². The first kappa shape index (κ1) is 31.6. The molecule has 0 aliphatic carbocycles. The van der Waals surface area contributed by atoms with Gasteiger partial charge in [-0.3, -0.25) is 0 Å². The molecule has 0 N–H and O–H groups in total. The Morgan fingerprint density at radius 1 is 0.231 bits per heavy atom. The Kier molecular flexibility index (Phi) is 8.54. The van der Waals surface area contributed by atoms with Crippen molar-refractivity contribution in [3.63, 3.8) is 0 Å². The minimum atomic E-state index is -1.85. The lowest BCUT2D eigenvalue weighted by molar-refractivity contribution is 0.388. The molecule has 0 saturated heterocycles. The van der Waals surface area contributed by atoms with E-state index in [1.807, 2.05) is 36.4 Å². The van der Waals surface area contributed by atoms with Crippen LogP contribution in [0.2, 0.25) is 0 Å². The summed E-state index contributed by atoms with van der Waals surface area (Å²) in [7, 11) is -1.85. The van der Waals surface area contributed by atoms with Crippen LogP contribution in [0, 0.1) is 0 Å². The molecule has 0 aliphatic heterocycles. The van der Waals surface area contributed by atoms with Crippen molar-refractivity contribution in [2.75, 3.05) is 0 Å². The quantitative estimate of drug-likeness (QED) is 0.141. The van der Waals surface area contributed by atoms with Gasteiger partial charge in [0.15, 0.2) is 0 Å². The Morgan fingerprint density at radius 3 is 0.769 bits per heavy atom. The van der Waals surface area contributed by atoms with E-state index >= 15 is 0 Å². The van der Waals surface area contributed by atoms with Crippen LogP contribution in [0.4, 0.5) is 0 Å². The van der Waals surface area contributed by atoms with Crippen LogP contribution >= 0.6 is 8.60 Å². The summed E-state index contributed by atoms with van der Waals surface area (Å²) in [5.74, 6) is 1.99. The lowest BCUT2D eigenvalue weighted by Gasteiger charge is -2.18. The molecule has 4 heteroatoms. The second-order valence-corrected chi connectivity index (χ2v) is 13.8. The van der Waals surface area contributed by atoms with Crippen molar-refractivity contribution in [2.45, 2.75) is 0 Å². The second kappa shape index (κ2) is 14.1. The lowest BCUT2D eigenvalue weighted by atomic mass is 10.0. The van der Waals surface area contributed by atoms with Crippen molar-refractivity contribution in [1.82, 2.24) is 0 Å². The van der Waals surface area contributed by atoms with Crippen LogP contribution in [0.15, 0.2) is 200 Å². The predicted molar refractivity (Wildman–Crippen MR) is 217 cm³/mol. The number of hydrogen-bond donors (Lipinski definition) is 0. The molecule has 0 amide bonds. The Labute approximate surface area is 304 Å². The molecule has 248 valence electrons. The van der Waals surface area contributed by atoms with Gasteiger partial charge >= 0.3 is 8.60 Å². The van der Waals surface area contributed by atoms with E-state index in [1.54, 1.807) is 0 Å². The highest BCUT2D eigenvalue weighted by molar-refractivity contribution is 7.43. The Bertz CT molecular complexity index is 2350. The van der Waals surface area contributed by atoms with Gasteiger partial charge in [0.05, 0.1) is 0 Å². The second-order valence-electron chi connectivity index (χ2n) is 12.8. The summed E-state index contributed by atoms with van der Waals surface area (Å²) in [5.41, 5.74) is 6.78. The summed E-state index contributed by atoms with van der Waals surface area (Å²) in [4.78, 5) is 0. The van der Waals surface area contributed by atoms with Crippen molar-refractivity contribution in [3.8, 4) is 50.6 Å². The fourth-order valence-corrected chi connectivity index (χ4v) is 7.54. The molecule has 3 nitrogen and oxygen atoms in total. The number of hydrogen-bond acceptors (Lipinski definition) is 3. The zero-order valence-electron chi connectivity index (χ0n) is 28.2. The van der Waals surface area contributed by atoms with E-state index < -0.39 is 8.60 Å². The molecule has 0 heterocycles. The van der Waals surface area contributed by atoms with Crippen LogP contribution in [0.3, 0.4) is 0 Å². The third-order valence-corrected chi connectivity index (χ3v) is 10.4. The van der Waals surface area contributed by atoms with Gasteiger partial charge in [-0.05, 0) is 120 Å². The predicted octanol–water partition coefficient (Wildman–Crippen LogP) is 13.9. The smallest absolute Gasteiger partial charge is 0.409 e. The van der Waals surface area contributed by atoms with Crippen molar-refractivity contribution >= 4 is 40.9 Å². The third kappa shape index (κ3) is 6.83. The van der Waals surface area contributed by atoms with Crippen molar-refractivity contribution in [1.29, 1.82) is 0 Å². The third-order valence-electron chi connectivity index (χ3n) is 9.35. The van der Waals surface area contributed by atoms with E-state index in [0.717, 1.165) is 33.4 Å². The van der Waals surface area contributed by atoms with Crippen molar-refractivity contribution in [2.24, 2.45) is 0 Å². The van der Waals surface area contributed by atoms with Crippen LogP contribution in [-0.2, 0) is 0 Å². The summed E-state index contributed by atoms with van der Waals surface area (Å²) >= 11 is 0. The van der Waals surface area contributed by atoms with Gasteiger partial charge < -0.3 is 13.6 Å². The Hall–Kier alpha value is -6.41. The van der Waals surface area contributed by atoms with E-state index in [9.17, 15) is 0 Å². The largest absolute Gasteiger partial charge is 0.530 e. The van der Waals surface area contributed by atoms with Crippen LogP contribution in [-0.4, -0.2) is 0 Å². The molecule has 0 fully saturated rings. The molecule has 52 heavy (non-hydrogen) atoms. The molecule has 0 spiro atoms. The van der Waals surface area contributed by atoms with E-state index in [2.05, 4.69) is 164 Å². The van der Waals surface area contributed by atoms with E-state index in [-0.39, 0.29) is 0 Å². The normalized spacial score (nSPS) is 11.2. The van der Waals surface area contributed by atoms with Gasteiger partial charge in [-0.15, -0.1) is 0 Å². The zero-order valence-corrected chi connectivity index (χ0v) is 29.1. The topological polar surface area (TPSA) is 27.7 Å². The minimum absolute atomic E-state index is 0.663. The average Bonchev–Trinajstić information content (AvgIpc) is 3.21. The van der Waals surface area contributed by atoms with E-state index in [1.165, 1.54) is 32.3 Å². The molecule has 0 saturated carbocycles. The molecular formula is C48H33O3P. The monoisotopic (exact) mass is 688 g/mol. The Morgan fingerprint density at radius 2 is 0.481 bits per heavy atom. The van der Waals surface area contributed by atoms with E-state index in [0.29, 0.717) is 17.2 Å². The summed E-state index contributed by atoms with van der Waals surface area (Å²) in [6.07, 6.45) is 0. The van der Waals surface area contributed by atoms with Gasteiger partial charge in [0, 0.05) is 0 Å². The molecule has 0 atom stereocenters. The SMILES string of the molecule is c1ccc2cc(-c3ccc(OP(Oc4ccc(-c5ccc6ccccc6c5)cc4)Oc4ccc(-c5ccc6ccccc6c5)cc4)cc3)ccc2c1. The molecule has 0 radical (unpaired) electrons. The Balaban J connectivity index is 0.965. The zero-order chi connectivity index (χ0) is 34.7. The van der Waals surface area contributed by atoms with Crippen molar-refractivity contribution in [3.05, 3.63) is 200 Å². The maximum atomic E-state index is 6.43. The van der Waals surface area contributed by atoms with Crippen LogP contribution in [0.1, 0.15) is 0 Å².